The third-order valence-electron chi connectivity index (χ3n) is 2.95. The summed E-state index contributed by atoms with van der Waals surface area (Å²) in [6, 6.07) is 14.2. The van der Waals surface area contributed by atoms with Gasteiger partial charge in [-0.2, -0.15) is 0 Å². The second kappa shape index (κ2) is 7.50. The van der Waals surface area contributed by atoms with E-state index < -0.39 is 0 Å². The largest absolute Gasteiger partial charge is 0.508 e. The first-order chi connectivity index (χ1) is 10.1. The van der Waals surface area contributed by atoms with Crippen LogP contribution in [0.2, 0.25) is 5.02 Å². The lowest BCUT2D eigenvalue weighted by atomic mass is 10.1. The van der Waals surface area contributed by atoms with Crippen molar-refractivity contribution < 1.29 is 9.90 Å². The summed E-state index contributed by atoms with van der Waals surface area (Å²) >= 11 is 5.81. The minimum atomic E-state index is -0.142. The fourth-order valence-corrected chi connectivity index (χ4v) is 1.92. The summed E-state index contributed by atoms with van der Waals surface area (Å²) in [4.78, 5) is 11.7. The molecule has 3 nitrogen and oxygen atoms in total. The van der Waals surface area contributed by atoms with E-state index in [0.717, 1.165) is 17.5 Å². The highest BCUT2D eigenvalue weighted by Gasteiger charge is 1.97. The summed E-state index contributed by atoms with van der Waals surface area (Å²) in [5, 5.41) is 12.7. The number of nitrogens with one attached hydrogen (secondary N) is 1. The van der Waals surface area contributed by atoms with E-state index in [1.165, 1.54) is 6.08 Å². The molecule has 0 saturated heterocycles. The van der Waals surface area contributed by atoms with Crippen LogP contribution in [0.5, 0.6) is 5.75 Å². The third kappa shape index (κ3) is 5.32. The van der Waals surface area contributed by atoms with Crippen molar-refractivity contribution >= 4 is 23.6 Å². The van der Waals surface area contributed by atoms with Crippen LogP contribution in [0.1, 0.15) is 11.1 Å². The van der Waals surface area contributed by atoms with Crippen LogP contribution in [0.4, 0.5) is 0 Å². The maximum atomic E-state index is 11.7. The summed E-state index contributed by atoms with van der Waals surface area (Å²) in [6.45, 7) is 0.570. The van der Waals surface area contributed by atoms with Crippen LogP contribution in [-0.2, 0) is 11.2 Å². The topological polar surface area (TPSA) is 49.3 Å². The summed E-state index contributed by atoms with van der Waals surface area (Å²) in [5.41, 5.74) is 1.99. The zero-order chi connectivity index (χ0) is 15.1. The van der Waals surface area contributed by atoms with Gasteiger partial charge in [-0.1, -0.05) is 35.9 Å². The molecule has 0 aliphatic heterocycles. The molecule has 0 heterocycles. The highest BCUT2D eigenvalue weighted by Crippen LogP contribution is 2.11. The van der Waals surface area contributed by atoms with Crippen LogP contribution in [-0.4, -0.2) is 17.6 Å². The van der Waals surface area contributed by atoms with Gasteiger partial charge in [-0.25, -0.2) is 0 Å². The Morgan fingerprint density at radius 1 is 1.10 bits per heavy atom. The molecule has 0 bridgehead atoms. The van der Waals surface area contributed by atoms with Crippen molar-refractivity contribution in [2.75, 3.05) is 6.54 Å². The molecule has 0 saturated carbocycles. The monoisotopic (exact) mass is 301 g/mol. The number of carbonyl (C=O) groups is 1. The second-order valence-electron chi connectivity index (χ2n) is 4.59. The number of amides is 1. The van der Waals surface area contributed by atoms with Gasteiger partial charge in [0.05, 0.1) is 0 Å². The molecule has 0 aliphatic carbocycles. The number of phenolic OH excluding ortho intramolecular Hbond substituents is 1. The molecule has 2 N–H and O–H groups in total. The molecule has 0 fully saturated rings. The van der Waals surface area contributed by atoms with Crippen LogP contribution in [0, 0.1) is 0 Å². The number of hydrogen-bond donors (Lipinski definition) is 2. The van der Waals surface area contributed by atoms with Gasteiger partial charge in [0.2, 0.25) is 5.91 Å². The predicted octanol–water partition coefficient (Wildman–Crippen LogP) is 3.42. The van der Waals surface area contributed by atoms with Gasteiger partial charge in [0.1, 0.15) is 5.75 Å². The van der Waals surface area contributed by atoms with E-state index in [9.17, 15) is 4.79 Å². The van der Waals surface area contributed by atoms with Gasteiger partial charge in [0.25, 0.3) is 0 Å². The Hall–Kier alpha value is -2.26. The fourth-order valence-electron chi connectivity index (χ4n) is 1.80. The Morgan fingerprint density at radius 3 is 2.43 bits per heavy atom. The minimum Gasteiger partial charge on any atom is -0.508 e. The summed E-state index contributed by atoms with van der Waals surface area (Å²) in [5.74, 6) is 0.0663. The molecular formula is C17H16ClNO2. The van der Waals surface area contributed by atoms with Gasteiger partial charge in [0.15, 0.2) is 0 Å². The molecule has 0 unspecified atom stereocenters. The maximum Gasteiger partial charge on any atom is 0.244 e. The van der Waals surface area contributed by atoms with Gasteiger partial charge < -0.3 is 10.4 Å². The average molecular weight is 302 g/mol. The Morgan fingerprint density at radius 2 is 1.76 bits per heavy atom. The Bertz CT molecular complexity index is 618. The molecule has 108 valence electrons. The van der Waals surface area contributed by atoms with Crippen molar-refractivity contribution in [1.82, 2.24) is 5.32 Å². The van der Waals surface area contributed by atoms with Crippen molar-refractivity contribution in [3.8, 4) is 5.75 Å². The summed E-state index contributed by atoms with van der Waals surface area (Å²) < 4.78 is 0. The van der Waals surface area contributed by atoms with Crippen molar-refractivity contribution in [2.24, 2.45) is 0 Å². The lowest BCUT2D eigenvalue weighted by Crippen LogP contribution is -2.23. The van der Waals surface area contributed by atoms with Crippen LogP contribution in [0.15, 0.2) is 54.6 Å². The van der Waals surface area contributed by atoms with Gasteiger partial charge in [-0.3, -0.25) is 4.79 Å². The smallest absolute Gasteiger partial charge is 0.244 e. The molecule has 2 aromatic rings. The molecule has 4 heteroatoms. The number of carbonyl (C=O) groups excluding carboxylic acids is 1. The molecule has 0 aliphatic rings. The molecule has 2 rings (SSSR count). The first kappa shape index (κ1) is 15.1. The maximum absolute atomic E-state index is 11.7. The van der Waals surface area contributed by atoms with Crippen LogP contribution in [0.3, 0.4) is 0 Å². The van der Waals surface area contributed by atoms with Crippen molar-refractivity contribution in [1.29, 1.82) is 0 Å². The van der Waals surface area contributed by atoms with Crippen LogP contribution in [0.25, 0.3) is 6.08 Å². The second-order valence-corrected chi connectivity index (χ2v) is 5.03. The van der Waals surface area contributed by atoms with Gasteiger partial charge in [-0.05, 0) is 47.9 Å². The SMILES string of the molecule is O=C(/C=C/c1ccc(O)cc1)NCCc1ccc(Cl)cc1. The first-order valence-corrected chi connectivity index (χ1v) is 7.01. The van der Waals surface area contributed by atoms with Gasteiger partial charge in [0, 0.05) is 17.6 Å². The minimum absolute atomic E-state index is 0.142. The fraction of sp³-hybridized carbons (Fsp3) is 0.118. The molecule has 1 amide bonds. The van der Waals surface area contributed by atoms with E-state index in [0.29, 0.717) is 11.6 Å². The van der Waals surface area contributed by atoms with E-state index in [-0.39, 0.29) is 11.7 Å². The number of aromatic hydroxyl groups is 1. The summed E-state index contributed by atoms with van der Waals surface area (Å²) in [7, 11) is 0. The highest BCUT2D eigenvalue weighted by atomic mass is 35.5. The number of phenols is 1. The average Bonchev–Trinajstić information content (AvgIpc) is 2.49. The zero-order valence-electron chi connectivity index (χ0n) is 11.4. The highest BCUT2D eigenvalue weighted by molar-refractivity contribution is 6.30. The zero-order valence-corrected chi connectivity index (χ0v) is 12.2. The Balaban J connectivity index is 1.77. The van der Waals surface area contributed by atoms with Gasteiger partial charge >= 0.3 is 0 Å². The standard InChI is InChI=1S/C17H16ClNO2/c18-15-6-1-14(2-7-15)11-12-19-17(21)10-5-13-3-8-16(20)9-4-13/h1-10,20H,11-12H2,(H,19,21)/b10-5+. The quantitative estimate of drug-likeness (QED) is 0.831. The molecule has 0 radical (unpaired) electrons. The summed E-state index contributed by atoms with van der Waals surface area (Å²) in [6.07, 6.45) is 3.95. The molecule has 2 aromatic carbocycles. The number of halogens is 1. The Kier molecular flexibility index (Phi) is 5.41. The lowest BCUT2D eigenvalue weighted by molar-refractivity contribution is -0.116. The van der Waals surface area contributed by atoms with Crippen LogP contribution < -0.4 is 5.32 Å². The molecule has 0 atom stereocenters. The molecule has 0 spiro atoms. The Labute approximate surface area is 128 Å². The number of benzene rings is 2. The van der Waals surface area contributed by atoms with E-state index in [1.807, 2.05) is 24.3 Å². The van der Waals surface area contributed by atoms with Crippen molar-refractivity contribution in [3.63, 3.8) is 0 Å². The van der Waals surface area contributed by atoms with Gasteiger partial charge in [-0.15, -0.1) is 0 Å². The molecule has 21 heavy (non-hydrogen) atoms. The van der Waals surface area contributed by atoms with Crippen molar-refractivity contribution in [2.45, 2.75) is 6.42 Å². The van der Waals surface area contributed by atoms with E-state index >= 15 is 0 Å². The van der Waals surface area contributed by atoms with E-state index in [4.69, 9.17) is 16.7 Å². The van der Waals surface area contributed by atoms with E-state index in [1.54, 1.807) is 30.3 Å². The van der Waals surface area contributed by atoms with Crippen LogP contribution >= 0.6 is 11.6 Å². The molecular weight excluding hydrogens is 286 g/mol. The first-order valence-electron chi connectivity index (χ1n) is 6.63. The third-order valence-corrected chi connectivity index (χ3v) is 3.20. The lowest BCUT2D eigenvalue weighted by Gasteiger charge is -2.03. The normalized spacial score (nSPS) is 10.7. The number of hydrogen-bond acceptors (Lipinski definition) is 2. The number of rotatable bonds is 5. The molecule has 0 aromatic heterocycles. The van der Waals surface area contributed by atoms with Crippen molar-refractivity contribution in [3.05, 3.63) is 70.8 Å². The van der Waals surface area contributed by atoms with E-state index in [2.05, 4.69) is 5.32 Å². The predicted molar refractivity (Wildman–Crippen MR) is 85.3 cm³/mol.